The number of fused-ring (bicyclic) bond motifs is 2. The van der Waals surface area contributed by atoms with Gasteiger partial charge >= 0.3 is 0 Å². The van der Waals surface area contributed by atoms with Crippen LogP contribution < -0.4 is 14.8 Å². The van der Waals surface area contributed by atoms with E-state index in [0.717, 1.165) is 18.6 Å². The van der Waals surface area contributed by atoms with Crippen molar-refractivity contribution >= 4 is 28.7 Å². The number of amides is 1. The number of halogens is 3. The number of benzene rings is 1. The van der Waals surface area contributed by atoms with E-state index in [0.29, 0.717) is 11.9 Å². The predicted octanol–water partition coefficient (Wildman–Crippen LogP) is 3.91. The molecule has 0 bridgehead atoms. The van der Waals surface area contributed by atoms with E-state index in [1.165, 1.54) is 6.07 Å². The number of ether oxygens (including phenoxy) is 3. The van der Waals surface area contributed by atoms with Gasteiger partial charge < -0.3 is 34.7 Å². The number of imidazole rings is 1. The number of hydrogen-bond donors (Lipinski definition) is 4. The molecule has 4 atom stereocenters. The molecule has 3 aromatic rings. The highest BCUT2D eigenvalue weighted by molar-refractivity contribution is 6.32. The van der Waals surface area contributed by atoms with Crippen molar-refractivity contribution in [2.24, 2.45) is 5.92 Å². The summed E-state index contributed by atoms with van der Waals surface area (Å²) in [6, 6.07) is 3.49. The van der Waals surface area contributed by atoms with E-state index in [1.54, 1.807) is 13.8 Å². The van der Waals surface area contributed by atoms with E-state index in [1.807, 2.05) is 13.8 Å². The Balaban J connectivity index is 0.00000181. The predicted molar refractivity (Wildman–Crippen MR) is 142 cm³/mol. The van der Waals surface area contributed by atoms with Gasteiger partial charge in [0, 0.05) is 11.5 Å². The van der Waals surface area contributed by atoms with Crippen LogP contribution in [0, 0.1) is 17.6 Å². The van der Waals surface area contributed by atoms with Gasteiger partial charge in [-0.15, -0.1) is 0 Å². The Labute approximate surface area is 235 Å². The van der Waals surface area contributed by atoms with Crippen LogP contribution in [0.25, 0.3) is 11.2 Å². The number of nitrogens with zero attached hydrogens (tertiary/aromatic N) is 2. The standard InChI is InChI=1S/C25H27ClF2N4O6.C2H6/c1-25(2,10-33)32-22(35)11-5-15(27)13(16(28)6-11)8-37-23-14(26)7-17-21(30-23)31-24(29-17)38-19-4-3-12-18(34)9-36-20(12)19;1-2/h5-7,12,18-20,33-34H,3-4,8-10H2,1-2H3,(H,32,35)(H,29,30,31);1-2H3/t12?,18-,19-,20+;/m1./s1. The molecule has 1 aliphatic carbocycles. The van der Waals surface area contributed by atoms with Gasteiger partial charge in [-0.3, -0.25) is 4.79 Å². The zero-order chi connectivity index (χ0) is 29.2. The van der Waals surface area contributed by atoms with Crippen molar-refractivity contribution in [1.29, 1.82) is 0 Å². The Morgan fingerprint density at radius 1 is 1.23 bits per heavy atom. The summed E-state index contributed by atoms with van der Waals surface area (Å²) in [4.78, 5) is 23.8. The van der Waals surface area contributed by atoms with E-state index in [4.69, 9.17) is 25.8 Å². The summed E-state index contributed by atoms with van der Waals surface area (Å²) in [5.74, 6) is -2.76. The fourth-order valence-corrected chi connectivity index (χ4v) is 4.88. The van der Waals surface area contributed by atoms with E-state index in [-0.39, 0.29) is 59.5 Å². The second-order valence-electron chi connectivity index (χ2n) is 10.2. The maximum atomic E-state index is 14.7. The number of aliphatic hydroxyl groups excluding tert-OH is 2. The summed E-state index contributed by atoms with van der Waals surface area (Å²) in [5, 5.41) is 21.9. The van der Waals surface area contributed by atoms with Crippen LogP contribution in [0.2, 0.25) is 5.02 Å². The zero-order valence-electron chi connectivity index (χ0n) is 22.6. The lowest BCUT2D eigenvalue weighted by molar-refractivity contribution is 0.0135. The second-order valence-corrected chi connectivity index (χ2v) is 10.6. The molecular formula is C27H33ClF2N4O6. The normalized spacial score (nSPS) is 22.0. The number of nitrogens with one attached hydrogen (secondary N) is 2. The van der Waals surface area contributed by atoms with Crippen LogP contribution >= 0.6 is 11.6 Å². The molecule has 1 amide bonds. The van der Waals surface area contributed by atoms with Gasteiger partial charge in [0.15, 0.2) is 5.65 Å². The molecule has 1 saturated carbocycles. The van der Waals surface area contributed by atoms with Crippen LogP contribution in [0.1, 0.15) is 56.5 Å². The van der Waals surface area contributed by atoms with Crippen molar-refractivity contribution in [3.05, 3.63) is 46.0 Å². The van der Waals surface area contributed by atoms with E-state index in [2.05, 4.69) is 20.3 Å². The number of rotatable bonds is 8. The van der Waals surface area contributed by atoms with Crippen LogP contribution in [0.4, 0.5) is 8.78 Å². The monoisotopic (exact) mass is 582 g/mol. The number of hydrogen-bond acceptors (Lipinski definition) is 8. The summed E-state index contributed by atoms with van der Waals surface area (Å²) in [6.45, 7) is 6.53. The van der Waals surface area contributed by atoms with Crippen molar-refractivity contribution in [2.75, 3.05) is 13.2 Å². The van der Waals surface area contributed by atoms with Crippen molar-refractivity contribution in [3.63, 3.8) is 0 Å². The zero-order valence-corrected chi connectivity index (χ0v) is 23.4. The van der Waals surface area contributed by atoms with E-state index < -0.39 is 41.4 Å². The van der Waals surface area contributed by atoms with Crippen molar-refractivity contribution < 1.29 is 38.0 Å². The first kappa shape index (κ1) is 29.9. The Kier molecular flexibility index (Phi) is 9.13. The molecule has 1 saturated heterocycles. The minimum Gasteiger partial charge on any atom is -0.471 e. The number of carbonyl (C=O) groups excluding carboxylic acids is 1. The molecule has 1 unspecified atom stereocenters. The SMILES string of the molecule is CC.CC(C)(CO)NC(=O)c1cc(F)c(COc2nc3nc(O[C@@H]4CCC5[C@H](O)CO[C@@H]54)[nH]c3cc2Cl)c(F)c1. The van der Waals surface area contributed by atoms with Gasteiger partial charge in [-0.05, 0) is 44.9 Å². The Morgan fingerprint density at radius 2 is 1.93 bits per heavy atom. The van der Waals surface area contributed by atoms with Gasteiger partial charge in [-0.25, -0.2) is 8.78 Å². The highest BCUT2D eigenvalue weighted by Crippen LogP contribution is 2.38. The minimum atomic E-state index is -0.987. The number of aliphatic hydroxyl groups is 2. The average Bonchev–Trinajstić information content (AvgIpc) is 3.61. The molecule has 1 aromatic carbocycles. The molecule has 4 N–H and O–H groups in total. The van der Waals surface area contributed by atoms with Crippen LogP contribution in [0.5, 0.6) is 11.9 Å². The van der Waals surface area contributed by atoms with Crippen molar-refractivity contribution in [1.82, 2.24) is 20.3 Å². The van der Waals surface area contributed by atoms with E-state index in [9.17, 15) is 23.8 Å². The molecule has 40 heavy (non-hydrogen) atoms. The van der Waals surface area contributed by atoms with E-state index >= 15 is 0 Å². The molecule has 10 nitrogen and oxygen atoms in total. The van der Waals surface area contributed by atoms with Crippen molar-refractivity contribution in [2.45, 2.75) is 71.0 Å². The van der Waals surface area contributed by atoms with Gasteiger partial charge in [-0.2, -0.15) is 9.97 Å². The number of carbonyl (C=O) groups is 1. The molecule has 218 valence electrons. The molecule has 2 aromatic heterocycles. The molecule has 0 spiro atoms. The summed E-state index contributed by atoms with van der Waals surface area (Å²) in [7, 11) is 0. The Morgan fingerprint density at radius 3 is 2.60 bits per heavy atom. The summed E-state index contributed by atoms with van der Waals surface area (Å²) >= 11 is 6.27. The third-order valence-corrected chi connectivity index (χ3v) is 7.04. The lowest BCUT2D eigenvalue weighted by Gasteiger charge is -2.23. The number of aromatic amines is 1. The maximum Gasteiger partial charge on any atom is 0.296 e. The van der Waals surface area contributed by atoms with Gasteiger partial charge in [0.05, 0.1) is 42.0 Å². The molecule has 1 aliphatic heterocycles. The number of H-pyrrole nitrogens is 1. The summed E-state index contributed by atoms with van der Waals surface area (Å²) in [5.41, 5.74) is -0.922. The Bertz CT molecular complexity index is 1350. The first-order chi connectivity index (χ1) is 19.0. The molecule has 0 radical (unpaired) electrons. The van der Waals surface area contributed by atoms with Crippen LogP contribution in [0.3, 0.4) is 0 Å². The molecule has 5 rings (SSSR count). The van der Waals surface area contributed by atoms with Gasteiger partial charge in [0.2, 0.25) is 5.88 Å². The quantitative estimate of drug-likeness (QED) is 0.314. The molecular weight excluding hydrogens is 550 g/mol. The first-order valence-corrected chi connectivity index (χ1v) is 13.5. The van der Waals surface area contributed by atoms with Crippen LogP contribution in [0.15, 0.2) is 18.2 Å². The number of aromatic nitrogens is 3. The van der Waals surface area contributed by atoms with Crippen LogP contribution in [-0.2, 0) is 11.3 Å². The fraction of sp³-hybridized carbons (Fsp3) is 0.519. The van der Waals surface area contributed by atoms with Gasteiger partial charge in [0.1, 0.15) is 29.4 Å². The molecule has 2 fully saturated rings. The highest BCUT2D eigenvalue weighted by Gasteiger charge is 2.47. The fourth-order valence-electron chi connectivity index (χ4n) is 4.67. The lowest BCUT2D eigenvalue weighted by Crippen LogP contribution is -2.46. The topological polar surface area (TPSA) is 139 Å². The first-order valence-electron chi connectivity index (χ1n) is 13.1. The third kappa shape index (κ3) is 6.30. The van der Waals surface area contributed by atoms with Crippen molar-refractivity contribution in [3.8, 4) is 11.9 Å². The summed E-state index contributed by atoms with van der Waals surface area (Å²) < 4.78 is 46.5. The lowest BCUT2D eigenvalue weighted by atomic mass is 10.0. The minimum absolute atomic E-state index is 0.0357. The van der Waals surface area contributed by atoms with Crippen LogP contribution in [-0.4, -0.2) is 68.1 Å². The average molecular weight is 583 g/mol. The Hall–Kier alpha value is -3.06. The number of pyridine rings is 1. The third-order valence-electron chi connectivity index (χ3n) is 6.77. The molecule has 3 heterocycles. The molecule has 2 aliphatic rings. The smallest absolute Gasteiger partial charge is 0.296 e. The van der Waals surface area contributed by atoms with Gasteiger partial charge in [-0.1, -0.05) is 25.4 Å². The molecule has 13 heteroatoms. The second kappa shape index (κ2) is 12.2. The highest BCUT2D eigenvalue weighted by atomic mass is 35.5. The maximum absolute atomic E-state index is 14.7. The van der Waals surface area contributed by atoms with Gasteiger partial charge in [0.25, 0.3) is 11.9 Å². The summed E-state index contributed by atoms with van der Waals surface area (Å²) in [6.07, 6.45) is 0.527. The largest absolute Gasteiger partial charge is 0.471 e.